The molecule has 1 heterocycles. The molecule has 0 aliphatic carbocycles. The first-order valence-electron chi connectivity index (χ1n) is 3.72. The molecule has 1 aromatic rings. The molecule has 62 valence electrons. The number of nitrogens with zero attached hydrogens (tertiary/aromatic N) is 2. The van der Waals surface area contributed by atoms with Crippen LogP contribution in [0.4, 0.5) is 0 Å². The molecule has 0 N–H and O–H groups in total. The van der Waals surface area contributed by atoms with Crippen LogP contribution in [0, 0.1) is 25.2 Å². The number of hydrogen-bond acceptors (Lipinski definition) is 3. The highest BCUT2D eigenvalue weighted by Crippen LogP contribution is 2.13. The highest BCUT2D eigenvalue weighted by molar-refractivity contribution is 5.53. The van der Waals surface area contributed by atoms with E-state index in [1.165, 1.54) is 0 Å². The largest absolute Gasteiger partial charge is 0.361 e. The van der Waals surface area contributed by atoms with Gasteiger partial charge < -0.3 is 4.52 Å². The maximum atomic E-state index is 8.29. The first kappa shape index (κ1) is 8.54. The predicted molar refractivity (Wildman–Crippen MR) is 45.2 cm³/mol. The molecule has 0 aliphatic rings. The maximum absolute atomic E-state index is 8.29. The van der Waals surface area contributed by atoms with Crippen LogP contribution in [0.15, 0.2) is 10.6 Å². The molecule has 12 heavy (non-hydrogen) atoms. The SMILES string of the molecule is Cc1noc(C)c1C=CCC#N. The second-order valence-corrected chi connectivity index (χ2v) is 2.50. The summed E-state index contributed by atoms with van der Waals surface area (Å²) in [6.07, 6.45) is 4.08. The summed E-state index contributed by atoms with van der Waals surface area (Å²) in [6.45, 7) is 3.73. The average molecular weight is 162 g/mol. The predicted octanol–water partition coefficient (Wildman–Crippen LogP) is 2.22. The number of aromatic nitrogens is 1. The third-order valence-corrected chi connectivity index (χ3v) is 1.58. The molecule has 0 atom stereocenters. The quantitative estimate of drug-likeness (QED) is 0.669. The standard InChI is InChI=1S/C9H10N2O/c1-7-9(5-3-4-6-10)8(2)12-11-7/h3,5H,4H2,1-2H3. The minimum atomic E-state index is 0.421. The van der Waals surface area contributed by atoms with Crippen molar-refractivity contribution in [2.75, 3.05) is 0 Å². The van der Waals surface area contributed by atoms with Crippen LogP contribution < -0.4 is 0 Å². The summed E-state index contributed by atoms with van der Waals surface area (Å²) < 4.78 is 4.94. The van der Waals surface area contributed by atoms with Crippen LogP contribution in [-0.4, -0.2) is 5.16 Å². The van der Waals surface area contributed by atoms with Crippen molar-refractivity contribution in [2.24, 2.45) is 0 Å². The van der Waals surface area contributed by atoms with E-state index in [0.717, 1.165) is 17.0 Å². The van der Waals surface area contributed by atoms with Gasteiger partial charge in [-0.25, -0.2) is 0 Å². The van der Waals surface area contributed by atoms with Crippen LogP contribution in [0.25, 0.3) is 6.08 Å². The lowest BCUT2D eigenvalue weighted by molar-refractivity contribution is 0.393. The third-order valence-electron chi connectivity index (χ3n) is 1.58. The lowest BCUT2D eigenvalue weighted by Crippen LogP contribution is -1.75. The smallest absolute Gasteiger partial charge is 0.141 e. The minimum absolute atomic E-state index is 0.421. The molecule has 0 aromatic carbocycles. The summed E-state index contributed by atoms with van der Waals surface area (Å²) in [5.74, 6) is 0.793. The maximum Gasteiger partial charge on any atom is 0.141 e. The second kappa shape index (κ2) is 3.72. The lowest BCUT2D eigenvalue weighted by atomic mass is 10.2. The molecule has 0 aliphatic heterocycles. The summed E-state index contributed by atoms with van der Waals surface area (Å²) in [5.41, 5.74) is 1.84. The molecule has 3 heteroatoms. The van der Waals surface area contributed by atoms with Gasteiger partial charge in [-0.2, -0.15) is 5.26 Å². The summed E-state index contributed by atoms with van der Waals surface area (Å²) in [4.78, 5) is 0. The van der Waals surface area contributed by atoms with Crippen LogP contribution in [0.2, 0.25) is 0 Å². The monoisotopic (exact) mass is 162 g/mol. The Morgan fingerprint density at radius 3 is 2.83 bits per heavy atom. The Kier molecular flexibility index (Phi) is 2.65. The van der Waals surface area contributed by atoms with Gasteiger partial charge in [0.1, 0.15) is 5.76 Å². The Labute approximate surface area is 71.3 Å². The van der Waals surface area contributed by atoms with Crippen LogP contribution >= 0.6 is 0 Å². The van der Waals surface area contributed by atoms with E-state index in [0.29, 0.717) is 6.42 Å². The number of hydrogen-bond donors (Lipinski definition) is 0. The van der Waals surface area contributed by atoms with Gasteiger partial charge >= 0.3 is 0 Å². The van der Waals surface area contributed by atoms with Gasteiger partial charge in [0.25, 0.3) is 0 Å². The number of allylic oxidation sites excluding steroid dienone is 1. The van der Waals surface area contributed by atoms with Gasteiger partial charge in [0, 0.05) is 5.56 Å². The molecule has 0 fully saturated rings. The van der Waals surface area contributed by atoms with Crippen LogP contribution in [0.3, 0.4) is 0 Å². The average Bonchev–Trinajstić information content (AvgIpc) is 2.35. The molecule has 3 nitrogen and oxygen atoms in total. The first-order chi connectivity index (χ1) is 5.75. The van der Waals surface area contributed by atoms with Crippen LogP contribution in [0.1, 0.15) is 23.4 Å². The van der Waals surface area contributed by atoms with Gasteiger partial charge in [-0.3, -0.25) is 0 Å². The Balaban J connectivity index is 2.82. The summed E-state index contributed by atoms with van der Waals surface area (Å²) >= 11 is 0. The van der Waals surface area contributed by atoms with E-state index in [2.05, 4.69) is 5.16 Å². The second-order valence-electron chi connectivity index (χ2n) is 2.50. The fourth-order valence-electron chi connectivity index (χ4n) is 0.957. The van der Waals surface area contributed by atoms with Gasteiger partial charge in [0.05, 0.1) is 18.2 Å². The highest BCUT2D eigenvalue weighted by atomic mass is 16.5. The molecule has 0 radical (unpaired) electrons. The molecule has 0 saturated carbocycles. The van der Waals surface area contributed by atoms with Gasteiger partial charge in [-0.1, -0.05) is 17.3 Å². The molecule has 1 aromatic heterocycles. The molecule has 0 saturated heterocycles. The van der Waals surface area contributed by atoms with Crippen molar-refractivity contribution in [1.29, 1.82) is 5.26 Å². The van der Waals surface area contributed by atoms with Gasteiger partial charge in [0.2, 0.25) is 0 Å². The van der Waals surface area contributed by atoms with Crippen molar-refractivity contribution in [3.63, 3.8) is 0 Å². The van der Waals surface area contributed by atoms with Crippen molar-refractivity contribution >= 4 is 6.08 Å². The van der Waals surface area contributed by atoms with E-state index in [9.17, 15) is 0 Å². The fourth-order valence-corrected chi connectivity index (χ4v) is 0.957. The third kappa shape index (κ3) is 1.73. The Morgan fingerprint density at radius 2 is 2.33 bits per heavy atom. The van der Waals surface area contributed by atoms with Crippen molar-refractivity contribution in [1.82, 2.24) is 5.16 Å². The minimum Gasteiger partial charge on any atom is -0.361 e. The molecule has 0 unspecified atom stereocenters. The number of rotatable bonds is 2. The molecule has 0 spiro atoms. The molecular weight excluding hydrogens is 152 g/mol. The lowest BCUT2D eigenvalue weighted by Gasteiger charge is -1.86. The topological polar surface area (TPSA) is 49.8 Å². The van der Waals surface area contributed by atoms with Crippen molar-refractivity contribution in [2.45, 2.75) is 20.3 Å². The van der Waals surface area contributed by atoms with Gasteiger partial charge in [-0.05, 0) is 13.8 Å². The Morgan fingerprint density at radius 1 is 1.58 bits per heavy atom. The highest BCUT2D eigenvalue weighted by Gasteiger charge is 2.03. The molecular formula is C9H10N2O. The molecule has 0 bridgehead atoms. The zero-order chi connectivity index (χ0) is 8.97. The normalized spacial score (nSPS) is 10.4. The van der Waals surface area contributed by atoms with E-state index in [1.54, 1.807) is 6.08 Å². The van der Waals surface area contributed by atoms with Crippen molar-refractivity contribution < 1.29 is 4.52 Å². The van der Waals surface area contributed by atoms with Gasteiger partial charge in [-0.15, -0.1) is 0 Å². The zero-order valence-electron chi connectivity index (χ0n) is 7.16. The first-order valence-corrected chi connectivity index (χ1v) is 3.72. The summed E-state index contributed by atoms with van der Waals surface area (Å²) in [6, 6.07) is 2.03. The zero-order valence-corrected chi connectivity index (χ0v) is 7.16. The van der Waals surface area contributed by atoms with E-state index in [4.69, 9.17) is 9.78 Å². The Bertz CT molecular complexity index is 311. The number of aryl methyl sites for hydroxylation is 2. The van der Waals surface area contributed by atoms with Crippen molar-refractivity contribution in [3.05, 3.63) is 23.1 Å². The summed E-state index contributed by atoms with van der Waals surface area (Å²) in [5, 5.41) is 12.1. The number of nitriles is 1. The van der Waals surface area contributed by atoms with Crippen molar-refractivity contribution in [3.8, 4) is 6.07 Å². The fraction of sp³-hybridized carbons (Fsp3) is 0.333. The van der Waals surface area contributed by atoms with Gasteiger partial charge in [0.15, 0.2) is 0 Å². The Hall–Kier alpha value is -1.56. The van der Waals surface area contributed by atoms with E-state index < -0.39 is 0 Å². The van der Waals surface area contributed by atoms with Crippen LogP contribution in [0.5, 0.6) is 0 Å². The van der Waals surface area contributed by atoms with E-state index in [-0.39, 0.29) is 0 Å². The van der Waals surface area contributed by atoms with E-state index >= 15 is 0 Å². The molecule has 1 rings (SSSR count). The molecule has 0 amide bonds. The van der Waals surface area contributed by atoms with E-state index in [1.807, 2.05) is 26.0 Å². The van der Waals surface area contributed by atoms with Crippen LogP contribution in [-0.2, 0) is 0 Å². The summed E-state index contributed by atoms with van der Waals surface area (Å²) in [7, 11) is 0.